The number of carboxylic acid groups (broad SMARTS) is 1. The molecule has 0 aliphatic carbocycles. The van der Waals surface area contributed by atoms with E-state index in [4.69, 9.17) is 5.11 Å². The molecule has 0 amide bonds. The fourth-order valence-corrected chi connectivity index (χ4v) is 3.39. The number of carboxylic acids is 1. The molecule has 0 aromatic carbocycles. The van der Waals surface area contributed by atoms with Crippen LogP contribution in [0.25, 0.3) is 0 Å². The molecule has 0 spiro atoms. The van der Waals surface area contributed by atoms with Crippen molar-refractivity contribution in [3.63, 3.8) is 0 Å². The van der Waals surface area contributed by atoms with Gasteiger partial charge in [-0.25, -0.2) is 4.98 Å². The molecule has 1 heterocycles. The molecule has 0 aliphatic rings. The van der Waals surface area contributed by atoms with Gasteiger partial charge in [-0.2, -0.15) is 0 Å². The molecule has 0 bridgehead atoms. The maximum absolute atomic E-state index is 10.8. The first-order valence-electron chi connectivity index (χ1n) is 6.20. The third-order valence-electron chi connectivity index (χ3n) is 2.94. The lowest BCUT2D eigenvalue weighted by Gasteiger charge is -2.07. The second kappa shape index (κ2) is 6.15. The summed E-state index contributed by atoms with van der Waals surface area (Å²) in [6, 6.07) is 0. The lowest BCUT2D eigenvalue weighted by molar-refractivity contribution is -0.136. The number of rotatable bonds is 6. The standard InChI is InChI=1S/C13H21NO2S/c1-5-9(6-2)13-14-12(8(3)4)10(17-13)7-11(15)16/h8-9H,5-7H2,1-4H3,(H,15,16). The smallest absolute Gasteiger partial charge is 0.308 e. The summed E-state index contributed by atoms with van der Waals surface area (Å²) >= 11 is 1.58. The highest BCUT2D eigenvalue weighted by molar-refractivity contribution is 7.12. The van der Waals surface area contributed by atoms with Gasteiger partial charge in [-0.3, -0.25) is 4.79 Å². The predicted molar refractivity (Wildman–Crippen MR) is 70.9 cm³/mol. The van der Waals surface area contributed by atoms with Crippen molar-refractivity contribution in [1.82, 2.24) is 4.98 Å². The third kappa shape index (κ3) is 3.53. The quantitative estimate of drug-likeness (QED) is 0.841. The zero-order valence-corrected chi connectivity index (χ0v) is 11.8. The van der Waals surface area contributed by atoms with E-state index in [0.29, 0.717) is 11.8 Å². The zero-order chi connectivity index (χ0) is 13.0. The van der Waals surface area contributed by atoms with Gasteiger partial charge in [0.25, 0.3) is 0 Å². The van der Waals surface area contributed by atoms with Crippen molar-refractivity contribution in [1.29, 1.82) is 0 Å². The average Bonchev–Trinajstić information content (AvgIpc) is 2.63. The van der Waals surface area contributed by atoms with Crippen LogP contribution in [-0.2, 0) is 11.2 Å². The van der Waals surface area contributed by atoms with Crippen LogP contribution >= 0.6 is 11.3 Å². The van der Waals surface area contributed by atoms with Gasteiger partial charge < -0.3 is 5.11 Å². The minimum atomic E-state index is -0.772. The zero-order valence-electron chi connectivity index (χ0n) is 11.0. The van der Waals surface area contributed by atoms with E-state index < -0.39 is 5.97 Å². The number of thiazole rings is 1. The number of carbonyl (C=O) groups is 1. The molecule has 1 rings (SSSR count). The molecule has 96 valence electrons. The summed E-state index contributed by atoms with van der Waals surface area (Å²) in [6.45, 7) is 8.44. The van der Waals surface area contributed by atoms with Gasteiger partial charge in [0.15, 0.2) is 0 Å². The van der Waals surface area contributed by atoms with Crippen LogP contribution in [0, 0.1) is 0 Å². The van der Waals surface area contributed by atoms with Gasteiger partial charge in [-0.05, 0) is 18.8 Å². The summed E-state index contributed by atoms with van der Waals surface area (Å²) in [7, 11) is 0. The van der Waals surface area contributed by atoms with Crippen LogP contribution in [0.4, 0.5) is 0 Å². The molecule has 0 unspecified atom stereocenters. The van der Waals surface area contributed by atoms with Gasteiger partial charge in [0.2, 0.25) is 0 Å². The van der Waals surface area contributed by atoms with Crippen molar-refractivity contribution in [2.24, 2.45) is 0 Å². The Labute approximate surface area is 107 Å². The Hall–Kier alpha value is -0.900. The Morgan fingerprint density at radius 2 is 1.94 bits per heavy atom. The highest BCUT2D eigenvalue weighted by atomic mass is 32.1. The molecule has 4 heteroatoms. The van der Waals surface area contributed by atoms with Crippen molar-refractivity contribution in [3.05, 3.63) is 15.6 Å². The Bertz CT molecular complexity index is 381. The van der Waals surface area contributed by atoms with Gasteiger partial charge >= 0.3 is 5.97 Å². The van der Waals surface area contributed by atoms with Gasteiger partial charge in [-0.15, -0.1) is 11.3 Å². The average molecular weight is 255 g/mol. The van der Waals surface area contributed by atoms with E-state index in [1.807, 2.05) is 0 Å². The lowest BCUT2D eigenvalue weighted by Crippen LogP contribution is -2.02. The molecule has 3 nitrogen and oxygen atoms in total. The fourth-order valence-electron chi connectivity index (χ4n) is 1.91. The normalized spacial score (nSPS) is 11.4. The first kappa shape index (κ1) is 14.2. The van der Waals surface area contributed by atoms with Crippen LogP contribution in [0.3, 0.4) is 0 Å². The maximum atomic E-state index is 10.8. The number of aliphatic carboxylic acids is 1. The van der Waals surface area contributed by atoms with E-state index in [2.05, 4.69) is 32.7 Å². The maximum Gasteiger partial charge on any atom is 0.308 e. The minimum absolute atomic E-state index is 0.103. The molecule has 0 atom stereocenters. The second-order valence-electron chi connectivity index (χ2n) is 4.60. The van der Waals surface area contributed by atoms with E-state index in [0.717, 1.165) is 28.4 Å². The molecule has 0 saturated heterocycles. The first-order valence-corrected chi connectivity index (χ1v) is 7.02. The van der Waals surface area contributed by atoms with E-state index >= 15 is 0 Å². The minimum Gasteiger partial charge on any atom is -0.481 e. The Morgan fingerprint density at radius 3 is 2.35 bits per heavy atom. The Balaban J connectivity index is 3.06. The predicted octanol–water partition coefficient (Wildman–Crippen LogP) is 3.80. The number of nitrogens with zero attached hydrogens (tertiary/aromatic N) is 1. The van der Waals surface area contributed by atoms with Gasteiger partial charge in [0.05, 0.1) is 17.1 Å². The summed E-state index contributed by atoms with van der Waals surface area (Å²) in [4.78, 5) is 16.4. The van der Waals surface area contributed by atoms with Crippen molar-refractivity contribution in [3.8, 4) is 0 Å². The van der Waals surface area contributed by atoms with Gasteiger partial charge in [0.1, 0.15) is 0 Å². The highest BCUT2D eigenvalue weighted by Gasteiger charge is 2.19. The monoisotopic (exact) mass is 255 g/mol. The summed E-state index contributed by atoms with van der Waals surface area (Å²) < 4.78 is 0. The summed E-state index contributed by atoms with van der Waals surface area (Å²) in [5.74, 6) is -0.00426. The summed E-state index contributed by atoms with van der Waals surface area (Å²) in [5.41, 5.74) is 0.972. The molecule has 0 saturated carbocycles. The third-order valence-corrected chi connectivity index (χ3v) is 4.17. The SMILES string of the molecule is CCC(CC)c1nc(C(C)C)c(CC(=O)O)s1. The highest BCUT2D eigenvalue weighted by Crippen LogP contribution is 2.32. The molecular formula is C13H21NO2S. The van der Waals surface area contributed by atoms with E-state index in [1.165, 1.54) is 0 Å². The van der Waals surface area contributed by atoms with E-state index in [1.54, 1.807) is 11.3 Å². The van der Waals surface area contributed by atoms with Crippen LogP contribution < -0.4 is 0 Å². The topological polar surface area (TPSA) is 50.2 Å². The van der Waals surface area contributed by atoms with Crippen molar-refractivity contribution in [2.75, 3.05) is 0 Å². The van der Waals surface area contributed by atoms with E-state index in [-0.39, 0.29) is 6.42 Å². The molecule has 0 aliphatic heterocycles. The van der Waals surface area contributed by atoms with Gasteiger partial charge in [-0.1, -0.05) is 27.7 Å². The summed E-state index contributed by atoms with van der Waals surface area (Å²) in [5, 5.41) is 10.0. The number of aromatic nitrogens is 1. The molecule has 17 heavy (non-hydrogen) atoms. The Morgan fingerprint density at radius 1 is 1.35 bits per heavy atom. The molecule has 0 fully saturated rings. The molecule has 0 radical (unpaired) electrons. The van der Waals surface area contributed by atoms with Crippen LogP contribution in [-0.4, -0.2) is 16.1 Å². The van der Waals surface area contributed by atoms with Crippen LogP contribution in [0.2, 0.25) is 0 Å². The number of hydrogen-bond acceptors (Lipinski definition) is 3. The van der Waals surface area contributed by atoms with Crippen molar-refractivity contribution < 1.29 is 9.90 Å². The van der Waals surface area contributed by atoms with Crippen LogP contribution in [0.1, 0.15) is 68.0 Å². The van der Waals surface area contributed by atoms with Crippen molar-refractivity contribution in [2.45, 2.75) is 58.8 Å². The lowest BCUT2D eigenvalue weighted by atomic mass is 10.0. The van der Waals surface area contributed by atoms with Crippen LogP contribution in [0.5, 0.6) is 0 Å². The van der Waals surface area contributed by atoms with E-state index in [9.17, 15) is 4.79 Å². The first-order chi connectivity index (χ1) is 7.99. The number of hydrogen-bond donors (Lipinski definition) is 1. The molecule has 1 aromatic rings. The van der Waals surface area contributed by atoms with Crippen molar-refractivity contribution >= 4 is 17.3 Å². The summed E-state index contributed by atoms with van der Waals surface area (Å²) in [6.07, 6.45) is 2.23. The van der Waals surface area contributed by atoms with Crippen LogP contribution in [0.15, 0.2) is 0 Å². The largest absolute Gasteiger partial charge is 0.481 e. The second-order valence-corrected chi connectivity index (χ2v) is 5.71. The molecule has 1 N–H and O–H groups in total. The van der Waals surface area contributed by atoms with Gasteiger partial charge in [0, 0.05) is 10.8 Å². The molecular weight excluding hydrogens is 234 g/mol. The molecule has 1 aromatic heterocycles. The Kier molecular flexibility index (Phi) is 5.12. The fraction of sp³-hybridized carbons (Fsp3) is 0.692.